The maximum Gasteiger partial charge on any atom is 0.433 e. The molecule has 0 saturated carbocycles. The third kappa shape index (κ3) is 3.43. The molecule has 2 saturated heterocycles. The summed E-state index contributed by atoms with van der Waals surface area (Å²) in [6.45, 7) is 2.93. The molecule has 0 bridgehead atoms. The molecule has 9 heteroatoms. The number of nitrogens with zero attached hydrogens (tertiary/aromatic N) is 2. The molecule has 3 heterocycles. The van der Waals surface area contributed by atoms with Gasteiger partial charge in [0.2, 0.25) is 0 Å². The Balaban J connectivity index is 1.87. The topological polar surface area (TPSA) is 74.7 Å². The Labute approximate surface area is 143 Å². The number of ether oxygens (including phenoxy) is 1. The maximum absolute atomic E-state index is 13.3. The molecular formula is C16H20F3N3O3. The Morgan fingerprint density at radius 1 is 1.36 bits per heavy atom. The number of aromatic nitrogens is 1. The highest BCUT2D eigenvalue weighted by atomic mass is 19.4. The highest BCUT2D eigenvalue weighted by Gasteiger charge is 2.49. The van der Waals surface area contributed by atoms with Crippen LogP contribution in [0.1, 0.15) is 31.0 Å². The van der Waals surface area contributed by atoms with Gasteiger partial charge in [-0.3, -0.25) is 4.98 Å². The van der Waals surface area contributed by atoms with Crippen molar-refractivity contribution in [1.29, 1.82) is 0 Å². The van der Waals surface area contributed by atoms with Crippen LogP contribution in [0.15, 0.2) is 18.3 Å². The van der Waals surface area contributed by atoms with Crippen molar-refractivity contribution in [2.75, 3.05) is 26.2 Å². The molecule has 25 heavy (non-hydrogen) atoms. The van der Waals surface area contributed by atoms with Crippen LogP contribution in [0.3, 0.4) is 0 Å². The average Bonchev–Trinajstić information content (AvgIpc) is 2.54. The number of amides is 1. The zero-order valence-corrected chi connectivity index (χ0v) is 13.8. The lowest BCUT2D eigenvalue weighted by Gasteiger charge is -2.50. The number of carboxylic acid groups (broad SMARTS) is 1. The number of alkyl halides is 3. The van der Waals surface area contributed by atoms with Crippen LogP contribution in [-0.2, 0) is 16.5 Å². The van der Waals surface area contributed by atoms with Crippen molar-refractivity contribution >= 4 is 6.09 Å². The monoisotopic (exact) mass is 359 g/mol. The fourth-order valence-electron chi connectivity index (χ4n) is 3.67. The molecule has 1 atom stereocenters. The molecule has 2 fully saturated rings. The van der Waals surface area contributed by atoms with Crippen LogP contribution >= 0.6 is 0 Å². The van der Waals surface area contributed by atoms with E-state index in [-0.39, 0.29) is 12.1 Å². The zero-order valence-electron chi connectivity index (χ0n) is 13.8. The lowest BCUT2D eigenvalue weighted by Crippen LogP contribution is -2.61. The average molecular weight is 359 g/mol. The van der Waals surface area contributed by atoms with Gasteiger partial charge in [-0.15, -0.1) is 0 Å². The minimum atomic E-state index is -4.57. The molecule has 2 N–H and O–H groups in total. The Hall–Kier alpha value is -1.87. The van der Waals surface area contributed by atoms with Crippen molar-refractivity contribution in [3.8, 4) is 0 Å². The summed E-state index contributed by atoms with van der Waals surface area (Å²) < 4.78 is 46.2. The molecule has 1 spiro atoms. The largest absolute Gasteiger partial charge is 0.465 e. The number of pyridine rings is 1. The second-order valence-corrected chi connectivity index (χ2v) is 6.79. The number of carbonyl (C=O) groups is 1. The first-order valence-corrected chi connectivity index (χ1v) is 8.07. The summed E-state index contributed by atoms with van der Waals surface area (Å²) in [6.07, 6.45) is -3.58. The molecule has 0 aromatic carbocycles. The normalized spacial score (nSPS) is 26.6. The third-order valence-electron chi connectivity index (χ3n) is 4.94. The molecule has 1 amide bonds. The van der Waals surface area contributed by atoms with Crippen LogP contribution in [0, 0.1) is 0 Å². The van der Waals surface area contributed by atoms with Crippen molar-refractivity contribution in [1.82, 2.24) is 15.2 Å². The number of piperidine rings is 1. The van der Waals surface area contributed by atoms with Gasteiger partial charge in [0.15, 0.2) is 5.69 Å². The van der Waals surface area contributed by atoms with Gasteiger partial charge in [-0.2, -0.15) is 13.2 Å². The van der Waals surface area contributed by atoms with E-state index in [1.54, 1.807) is 6.92 Å². The number of nitrogens with one attached hydrogen (secondary N) is 1. The molecular weight excluding hydrogens is 339 g/mol. The summed E-state index contributed by atoms with van der Waals surface area (Å²) >= 11 is 0. The number of likely N-dealkylation sites (tertiary alicyclic amines) is 1. The van der Waals surface area contributed by atoms with Crippen LogP contribution < -0.4 is 5.32 Å². The number of hydrogen-bond donors (Lipinski definition) is 2. The molecule has 1 aromatic heterocycles. The third-order valence-corrected chi connectivity index (χ3v) is 4.94. The minimum Gasteiger partial charge on any atom is -0.465 e. The predicted octanol–water partition coefficient (Wildman–Crippen LogP) is 2.45. The Bertz CT molecular complexity index is 660. The Morgan fingerprint density at radius 2 is 2.04 bits per heavy atom. The number of rotatable bonds is 1. The smallest absolute Gasteiger partial charge is 0.433 e. The van der Waals surface area contributed by atoms with Crippen molar-refractivity contribution in [3.05, 3.63) is 29.6 Å². The highest BCUT2D eigenvalue weighted by Crippen LogP contribution is 2.42. The van der Waals surface area contributed by atoms with Gasteiger partial charge >= 0.3 is 12.3 Å². The van der Waals surface area contributed by atoms with Crippen molar-refractivity contribution in [2.24, 2.45) is 0 Å². The standard InChI is InChI=1S/C16H20F3N3O3/c1-14(11-3-2-6-21-12(11)16(17,18)19)9-20-10-15(25-14)4-7-22(8-5-15)13(23)24/h2-3,6,20H,4-5,7-10H2,1H3,(H,23,24). The first kappa shape index (κ1) is 17.9. The van der Waals surface area contributed by atoms with E-state index in [2.05, 4.69) is 10.3 Å². The Kier molecular flexibility index (Phi) is 4.40. The molecule has 3 rings (SSSR count). The van der Waals surface area contributed by atoms with Crippen molar-refractivity contribution < 1.29 is 27.8 Å². The molecule has 2 aliphatic heterocycles. The van der Waals surface area contributed by atoms with Gasteiger partial charge in [0, 0.05) is 37.9 Å². The summed E-state index contributed by atoms with van der Waals surface area (Å²) in [4.78, 5) is 15.9. The van der Waals surface area contributed by atoms with Crippen LogP contribution in [0.2, 0.25) is 0 Å². The molecule has 138 valence electrons. The van der Waals surface area contributed by atoms with Gasteiger partial charge in [-0.1, -0.05) is 6.07 Å². The molecule has 6 nitrogen and oxygen atoms in total. The second-order valence-electron chi connectivity index (χ2n) is 6.79. The molecule has 0 aliphatic carbocycles. The highest BCUT2D eigenvalue weighted by molar-refractivity contribution is 5.65. The number of hydrogen-bond acceptors (Lipinski definition) is 4. The lowest BCUT2D eigenvalue weighted by atomic mass is 9.84. The lowest BCUT2D eigenvalue weighted by molar-refractivity contribution is -0.197. The number of halogens is 3. The molecule has 2 aliphatic rings. The second kappa shape index (κ2) is 6.14. The molecule has 0 radical (unpaired) electrons. The SMILES string of the molecule is CC1(c2cccnc2C(F)(F)F)CNCC2(CCN(C(=O)O)CC2)O1. The van der Waals surface area contributed by atoms with E-state index in [0.29, 0.717) is 32.5 Å². The van der Waals surface area contributed by atoms with E-state index in [4.69, 9.17) is 9.84 Å². The van der Waals surface area contributed by atoms with Gasteiger partial charge in [-0.25, -0.2) is 4.79 Å². The van der Waals surface area contributed by atoms with Gasteiger partial charge in [0.25, 0.3) is 0 Å². The molecule has 1 aromatic rings. The van der Waals surface area contributed by atoms with Crippen molar-refractivity contribution in [3.63, 3.8) is 0 Å². The van der Waals surface area contributed by atoms with E-state index in [0.717, 1.165) is 6.20 Å². The fraction of sp³-hybridized carbons (Fsp3) is 0.625. The van der Waals surface area contributed by atoms with E-state index in [1.165, 1.54) is 17.0 Å². The molecule has 1 unspecified atom stereocenters. The number of morpholine rings is 1. The first-order valence-electron chi connectivity index (χ1n) is 8.07. The van der Waals surface area contributed by atoms with Crippen LogP contribution in [0.4, 0.5) is 18.0 Å². The van der Waals surface area contributed by atoms with Gasteiger partial charge in [0.1, 0.15) is 5.60 Å². The first-order chi connectivity index (χ1) is 11.7. The predicted molar refractivity (Wildman–Crippen MR) is 82.1 cm³/mol. The quantitative estimate of drug-likeness (QED) is 0.806. The van der Waals surface area contributed by atoms with E-state index >= 15 is 0 Å². The van der Waals surface area contributed by atoms with Crippen LogP contribution in [0.5, 0.6) is 0 Å². The van der Waals surface area contributed by atoms with Gasteiger partial charge in [0.05, 0.1) is 5.60 Å². The van der Waals surface area contributed by atoms with Crippen LogP contribution in [0.25, 0.3) is 0 Å². The fourth-order valence-corrected chi connectivity index (χ4v) is 3.67. The summed E-state index contributed by atoms with van der Waals surface area (Å²) in [5, 5.41) is 12.2. The van der Waals surface area contributed by atoms with Crippen LogP contribution in [-0.4, -0.2) is 52.9 Å². The van der Waals surface area contributed by atoms with E-state index in [9.17, 15) is 18.0 Å². The summed E-state index contributed by atoms with van der Waals surface area (Å²) in [6, 6.07) is 2.86. The summed E-state index contributed by atoms with van der Waals surface area (Å²) in [5.74, 6) is 0. The Morgan fingerprint density at radius 3 is 2.64 bits per heavy atom. The zero-order chi connectivity index (χ0) is 18.3. The van der Waals surface area contributed by atoms with E-state index < -0.39 is 29.2 Å². The summed E-state index contributed by atoms with van der Waals surface area (Å²) in [7, 11) is 0. The van der Waals surface area contributed by atoms with Crippen molar-refractivity contribution in [2.45, 2.75) is 37.1 Å². The minimum absolute atomic E-state index is 0.00487. The van der Waals surface area contributed by atoms with Gasteiger partial charge in [-0.05, 0) is 25.8 Å². The van der Waals surface area contributed by atoms with Gasteiger partial charge < -0.3 is 20.1 Å². The summed E-state index contributed by atoms with van der Waals surface area (Å²) in [5.41, 5.74) is -2.82. The maximum atomic E-state index is 13.3. The van der Waals surface area contributed by atoms with E-state index in [1.807, 2.05) is 0 Å².